The molecule has 0 heterocycles. The summed E-state index contributed by atoms with van der Waals surface area (Å²) in [6.07, 6.45) is 0. The van der Waals surface area contributed by atoms with Gasteiger partial charge in [0.15, 0.2) is 0 Å². The molecule has 2 aromatic rings. The van der Waals surface area contributed by atoms with Crippen molar-refractivity contribution in [1.29, 1.82) is 0 Å². The number of rotatable bonds is 4. The average Bonchev–Trinajstić information content (AvgIpc) is 2.46. The molecule has 0 saturated heterocycles. The van der Waals surface area contributed by atoms with Gasteiger partial charge < -0.3 is 10.1 Å². The summed E-state index contributed by atoms with van der Waals surface area (Å²) in [6.45, 7) is 1.47. The van der Waals surface area contributed by atoms with E-state index in [1.165, 1.54) is 6.92 Å². The molecule has 2 aromatic carbocycles. The normalized spacial score (nSPS) is 10.5. The van der Waals surface area contributed by atoms with Gasteiger partial charge in [-0.3, -0.25) is 4.79 Å². The Hall–Kier alpha value is -2.69. The maximum Gasteiger partial charge on any atom is 0.221 e. The Labute approximate surface area is 117 Å². The van der Waals surface area contributed by atoms with Gasteiger partial charge in [0, 0.05) is 12.6 Å². The summed E-state index contributed by atoms with van der Waals surface area (Å²) in [7, 11) is 1.62. The molecule has 0 atom stereocenters. The Morgan fingerprint density at radius 2 is 1.45 bits per heavy atom. The number of nitrogens with one attached hydrogen (secondary N) is 1. The van der Waals surface area contributed by atoms with Gasteiger partial charge in [0.1, 0.15) is 5.75 Å². The molecule has 0 aliphatic heterocycles. The predicted molar refractivity (Wildman–Crippen MR) is 77.9 cm³/mol. The lowest BCUT2D eigenvalue weighted by Gasteiger charge is -2.01. The fourth-order valence-corrected chi connectivity index (χ4v) is 1.58. The van der Waals surface area contributed by atoms with Gasteiger partial charge in [0.2, 0.25) is 5.91 Å². The summed E-state index contributed by atoms with van der Waals surface area (Å²) in [6, 6.07) is 14.5. The van der Waals surface area contributed by atoms with Crippen LogP contribution in [0.4, 0.5) is 17.1 Å². The molecule has 0 saturated carbocycles. The minimum absolute atomic E-state index is 0.0994. The molecule has 0 spiro atoms. The first-order valence-corrected chi connectivity index (χ1v) is 6.11. The van der Waals surface area contributed by atoms with E-state index in [0.29, 0.717) is 0 Å². The number of nitrogens with zero attached hydrogens (tertiary/aromatic N) is 2. The molecule has 102 valence electrons. The van der Waals surface area contributed by atoms with Crippen LogP contribution in [0.1, 0.15) is 6.92 Å². The van der Waals surface area contributed by atoms with E-state index < -0.39 is 0 Å². The lowest BCUT2D eigenvalue weighted by atomic mass is 10.3. The standard InChI is InChI=1S/C15H15N3O2/c1-11(19)16-12-3-5-13(6-4-12)17-18-14-7-9-15(20-2)10-8-14/h3-10H,1-2H3,(H,16,19). The van der Waals surface area contributed by atoms with Crippen molar-refractivity contribution in [3.05, 3.63) is 48.5 Å². The molecule has 1 N–H and O–H groups in total. The van der Waals surface area contributed by atoms with Crippen LogP contribution in [0.5, 0.6) is 5.75 Å². The zero-order valence-corrected chi connectivity index (χ0v) is 11.3. The highest BCUT2D eigenvalue weighted by molar-refractivity contribution is 5.88. The number of ether oxygens (including phenoxy) is 1. The van der Waals surface area contributed by atoms with Crippen LogP contribution in [0.3, 0.4) is 0 Å². The molecule has 0 aliphatic carbocycles. The molecule has 0 aliphatic rings. The van der Waals surface area contributed by atoms with E-state index in [1.807, 2.05) is 24.3 Å². The Kier molecular flexibility index (Phi) is 4.44. The highest BCUT2D eigenvalue weighted by Gasteiger charge is 1.96. The van der Waals surface area contributed by atoms with Crippen molar-refractivity contribution in [2.45, 2.75) is 6.92 Å². The molecular weight excluding hydrogens is 254 g/mol. The Bertz CT molecular complexity index is 604. The highest BCUT2D eigenvalue weighted by Crippen LogP contribution is 2.22. The summed E-state index contributed by atoms with van der Waals surface area (Å²) in [4.78, 5) is 10.9. The van der Waals surface area contributed by atoms with Crippen LogP contribution < -0.4 is 10.1 Å². The topological polar surface area (TPSA) is 63.1 Å². The van der Waals surface area contributed by atoms with E-state index in [9.17, 15) is 4.79 Å². The monoisotopic (exact) mass is 269 g/mol. The molecule has 0 radical (unpaired) electrons. The zero-order chi connectivity index (χ0) is 14.4. The number of carbonyl (C=O) groups is 1. The molecule has 0 fully saturated rings. The van der Waals surface area contributed by atoms with Crippen LogP contribution in [0.25, 0.3) is 0 Å². The molecule has 0 bridgehead atoms. The number of hydrogen-bond donors (Lipinski definition) is 1. The fraction of sp³-hybridized carbons (Fsp3) is 0.133. The van der Waals surface area contributed by atoms with Gasteiger partial charge in [-0.2, -0.15) is 10.2 Å². The van der Waals surface area contributed by atoms with Crippen molar-refractivity contribution >= 4 is 23.0 Å². The van der Waals surface area contributed by atoms with Gasteiger partial charge >= 0.3 is 0 Å². The maximum atomic E-state index is 10.9. The van der Waals surface area contributed by atoms with Crippen LogP contribution >= 0.6 is 0 Å². The van der Waals surface area contributed by atoms with Crippen LogP contribution in [-0.4, -0.2) is 13.0 Å². The minimum Gasteiger partial charge on any atom is -0.497 e. The van der Waals surface area contributed by atoms with Crippen molar-refractivity contribution in [2.75, 3.05) is 12.4 Å². The summed E-state index contributed by atoms with van der Waals surface area (Å²) >= 11 is 0. The second kappa shape index (κ2) is 6.47. The van der Waals surface area contributed by atoms with Crippen LogP contribution in [0.2, 0.25) is 0 Å². The summed E-state index contributed by atoms with van der Waals surface area (Å²) in [5.74, 6) is 0.682. The van der Waals surface area contributed by atoms with Crippen molar-refractivity contribution in [3.8, 4) is 5.75 Å². The second-order valence-electron chi connectivity index (χ2n) is 4.13. The maximum absolute atomic E-state index is 10.9. The highest BCUT2D eigenvalue weighted by atomic mass is 16.5. The summed E-state index contributed by atoms with van der Waals surface area (Å²) < 4.78 is 5.07. The van der Waals surface area contributed by atoms with E-state index in [4.69, 9.17) is 4.74 Å². The van der Waals surface area contributed by atoms with Crippen molar-refractivity contribution in [2.24, 2.45) is 10.2 Å². The SMILES string of the molecule is COc1ccc(N=Nc2ccc(NC(C)=O)cc2)cc1. The van der Waals surface area contributed by atoms with Gasteiger partial charge in [-0.05, 0) is 48.5 Å². The lowest BCUT2D eigenvalue weighted by molar-refractivity contribution is -0.114. The van der Waals surface area contributed by atoms with Gasteiger partial charge in [-0.15, -0.1) is 0 Å². The zero-order valence-electron chi connectivity index (χ0n) is 11.3. The van der Waals surface area contributed by atoms with Crippen LogP contribution in [-0.2, 0) is 4.79 Å². The number of carbonyl (C=O) groups excluding carboxylic acids is 1. The number of azo groups is 1. The van der Waals surface area contributed by atoms with Gasteiger partial charge in [0.25, 0.3) is 0 Å². The Morgan fingerprint density at radius 1 is 0.950 bits per heavy atom. The fourth-order valence-electron chi connectivity index (χ4n) is 1.58. The number of hydrogen-bond acceptors (Lipinski definition) is 4. The van der Waals surface area contributed by atoms with E-state index in [-0.39, 0.29) is 5.91 Å². The molecule has 2 rings (SSSR count). The van der Waals surface area contributed by atoms with Gasteiger partial charge in [0.05, 0.1) is 18.5 Å². The molecule has 5 heteroatoms. The summed E-state index contributed by atoms with van der Waals surface area (Å²) in [5.41, 5.74) is 2.20. The average molecular weight is 269 g/mol. The third kappa shape index (κ3) is 3.91. The van der Waals surface area contributed by atoms with Crippen LogP contribution in [0.15, 0.2) is 58.8 Å². The quantitative estimate of drug-likeness (QED) is 0.850. The summed E-state index contributed by atoms with van der Waals surface area (Å²) in [5, 5.41) is 10.9. The number of amides is 1. The number of benzene rings is 2. The first kappa shape index (κ1) is 13.7. The molecule has 5 nitrogen and oxygen atoms in total. The van der Waals surface area contributed by atoms with Gasteiger partial charge in [-0.1, -0.05) is 0 Å². The van der Waals surface area contributed by atoms with Gasteiger partial charge in [-0.25, -0.2) is 0 Å². The Morgan fingerprint density at radius 3 is 1.90 bits per heavy atom. The minimum atomic E-state index is -0.0994. The molecular formula is C15H15N3O2. The smallest absolute Gasteiger partial charge is 0.221 e. The third-order valence-corrected chi connectivity index (χ3v) is 2.54. The van der Waals surface area contributed by atoms with E-state index in [1.54, 1.807) is 31.4 Å². The Balaban J connectivity index is 2.04. The number of methoxy groups -OCH3 is 1. The van der Waals surface area contributed by atoms with E-state index >= 15 is 0 Å². The van der Waals surface area contributed by atoms with Crippen LogP contribution in [0, 0.1) is 0 Å². The van der Waals surface area contributed by atoms with E-state index in [0.717, 1.165) is 22.8 Å². The third-order valence-electron chi connectivity index (χ3n) is 2.54. The van der Waals surface area contributed by atoms with Crippen molar-refractivity contribution in [1.82, 2.24) is 0 Å². The first-order valence-electron chi connectivity index (χ1n) is 6.11. The lowest BCUT2D eigenvalue weighted by Crippen LogP contribution is -2.04. The molecule has 0 aromatic heterocycles. The number of anilines is 1. The van der Waals surface area contributed by atoms with Crippen molar-refractivity contribution < 1.29 is 9.53 Å². The second-order valence-corrected chi connectivity index (χ2v) is 4.13. The predicted octanol–water partition coefficient (Wildman–Crippen LogP) is 4.07. The van der Waals surface area contributed by atoms with E-state index in [2.05, 4.69) is 15.5 Å². The molecule has 1 amide bonds. The molecule has 20 heavy (non-hydrogen) atoms. The first-order chi connectivity index (χ1) is 9.67. The van der Waals surface area contributed by atoms with Crippen molar-refractivity contribution in [3.63, 3.8) is 0 Å². The largest absolute Gasteiger partial charge is 0.497 e. The molecule has 0 unspecified atom stereocenters.